The fraction of sp³-hybridized carbons (Fsp3) is 0.357. The summed E-state index contributed by atoms with van der Waals surface area (Å²) < 4.78 is 48.4. The van der Waals surface area contributed by atoms with Gasteiger partial charge in [-0.1, -0.05) is 23.3 Å². The van der Waals surface area contributed by atoms with Crippen molar-refractivity contribution in [3.63, 3.8) is 0 Å². The molecule has 1 aromatic rings. The first kappa shape index (κ1) is 15.9. The SMILES string of the molecule is O=C(/C=C/c1ccc(C(F)(F)F)cc1)N1CC[S+]([O-])CC1. The predicted molar refractivity (Wildman–Crippen MR) is 74.9 cm³/mol. The molecule has 0 aromatic heterocycles. The summed E-state index contributed by atoms with van der Waals surface area (Å²) in [5.41, 5.74) is -0.193. The van der Waals surface area contributed by atoms with Gasteiger partial charge in [0.2, 0.25) is 5.91 Å². The highest BCUT2D eigenvalue weighted by Crippen LogP contribution is 2.29. The summed E-state index contributed by atoms with van der Waals surface area (Å²) in [5.74, 6) is 0.728. The second-order valence-corrected chi connectivity index (χ2v) is 6.32. The standard InChI is InChI=1S/C14H14F3NO2S/c15-14(16,17)12-4-1-11(2-5-12)3-6-13(19)18-7-9-21(20)10-8-18/h1-6H,7-10H2/b6-3+. The van der Waals surface area contributed by atoms with Crippen LogP contribution in [0.25, 0.3) is 6.08 Å². The van der Waals surface area contributed by atoms with Crippen LogP contribution in [0.3, 0.4) is 0 Å². The van der Waals surface area contributed by atoms with E-state index in [1.165, 1.54) is 24.3 Å². The van der Waals surface area contributed by atoms with E-state index < -0.39 is 22.9 Å². The summed E-state index contributed by atoms with van der Waals surface area (Å²) in [6.45, 7) is 0.894. The molecule has 7 heteroatoms. The highest BCUT2D eigenvalue weighted by molar-refractivity contribution is 7.91. The molecule has 1 fully saturated rings. The van der Waals surface area contributed by atoms with Gasteiger partial charge >= 0.3 is 6.18 Å². The van der Waals surface area contributed by atoms with Gasteiger partial charge in [0.15, 0.2) is 0 Å². The van der Waals surface area contributed by atoms with E-state index in [1.807, 2.05) is 0 Å². The van der Waals surface area contributed by atoms with Crippen LogP contribution in [0.2, 0.25) is 0 Å². The summed E-state index contributed by atoms with van der Waals surface area (Å²) in [5, 5.41) is 0. The maximum atomic E-state index is 12.4. The minimum Gasteiger partial charge on any atom is -0.616 e. The largest absolute Gasteiger partial charge is 0.616 e. The van der Waals surface area contributed by atoms with Crippen molar-refractivity contribution in [3.8, 4) is 0 Å². The predicted octanol–water partition coefficient (Wildman–Crippen LogP) is 2.31. The average molecular weight is 317 g/mol. The molecule has 1 aliphatic rings. The Kier molecular flexibility index (Phi) is 4.95. The van der Waals surface area contributed by atoms with Crippen molar-refractivity contribution in [3.05, 3.63) is 41.5 Å². The molecule has 1 saturated heterocycles. The van der Waals surface area contributed by atoms with Crippen LogP contribution in [0.4, 0.5) is 13.2 Å². The number of carbonyl (C=O) groups is 1. The summed E-state index contributed by atoms with van der Waals surface area (Å²) in [6.07, 6.45) is -1.55. The molecule has 0 N–H and O–H groups in total. The summed E-state index contributed by atoms with van der Waals surface area (Å²) in [4.78, 5) is 13.4. The number of amides is 1. The van der Waals surface area contributed by atoms with Crippen LogP contribution < -0.4 is 0 Å². The number of hydrogen-bond acceptors (Lipinski definition) is 2. The molecule has 0 atom stereocenters. The van der Waals surface area contributed by atoms with Crippen molar-refractivity contribution in [2.75, 3.05) is 24.6 Å². The number of halogens is 3. The number of nitrogens with zero attached hydrogens (tertiary/aromatic N) is 1. The fourth-order valence-corrected chi connectivity index (χ4v) is 2.97. The van der Waals surface area contributed by atoms with E-state index >= 15 is 0 Å². The zero-order chi connectivity index (χ0) is 15.5. The maximum absolute atomic E-state index is 12.4. The molecule has 1 amide bonds. The Morgan fingerprint density at radius 2 is 1.76 bits per heavy atom. The lowest BCUT2D eigenvalue weighted by Crippen LogP contribution is -2.43. The van der Waals surface area contributed by atoms with Crippen LogP contribution in [-0.2, 0) is 22.1 Å². The highest BCUT2D eigenvalue weighted by Gasteiger charge is 2.29. The van der Waals surface area contributed by atoms with Gasteiger partial charge in [-0.3, -0.25) is 4.79 Å². The van der Waals surface area contributed by atoms with Gasteiger partial charge in [-0.25, -0.2) is 0 Å². The summed E-state index contributed by atoms with van der Waals surface area (Å²) in [6, 6.07) is 4.60. The number of benzene rings is 1. The topological polar surface area (TPSA) is 43.4 Å². The van der Waals surface area contributed by atoms with Crippen LogP contribution in [0.15, 0.2) is 30.3 Å². The Morgan fingerprint density at radius 3 is 2.29 bits per heavy atom. The smallest absolute Gasteiger partial charge is 0.416 e. The zero-order valence-corrected chi connectivity index (χ0v) is 11.9. The first-order chi connectivity index (χ1) is 9.86. The van der Waals surface area contributed by atoms with Crippen LogP contribution in [0.5, 0.6) is 0 Å². The van der Waals surface area contributed by atoms with Crippen molar-refractivity contribution >= 4 is 23.2 Å². The minimum absolute atomic E-state index is 0.216. The van der Waals surface area contributed by atoms with Gasteiger partial charge in [0.05, 0.1) is 18.7 Å². The van der Waals surface area contributed by atoms with E-state index in [9.17, 15) is 22.5 Å². The minimum atomic E-state index is -4.36. The highest BCUT2D eigenvalue weighted by atomic mass is 32.2. The van der Waals surface area contributed by atoms with Gasteiger partial charge in [0.1, 0.15) is 11.5 Å². The van der Waals surface area contributed by atoms with Crippen molar-refractivity contribution < 1.29 is 22.5 Å². The van der Waals surface area contributed by atoms with Crippen LogP contribution in [0, 0.1) is 0 Å². The Morgan fingerprint density at radius 1 is 1.19 bits per heavy atom. The number of carbonyl (C=O) groups excluding carboxylic acids is 1. The Bertz CT molecular complexity index is 520. The summed E-state index contributed by atoms with van der Waals surface area (Å²) in [7, 11) is 0. The molecule has 0 saturated carbocycles. The van der Waals surface area contributed by atoms with Crippen molar-refractivity contribution in [2.24, 2.45) is 0 Å². The normalized spacial score (nSPS) is 17.4. The molecule has 1 aliphatic heterocycles. The second kappa shape index (κ2) is 6.53. The lowest BCUT2D eigenvalue weighted by molar-refractivity contribution is -0.137. The zero-order valence-electron chi connectivity index (χ0n) is 11.1. The van der Waals surface area contributed by atoms with Gasteiger partial charge in [-0.05, 0) is 23.8 Å². The van der Waals surface area contributed by atoms with E-state index in [-0.39, 0.29) is 5.91 Å². The third kappa shape index (κ3) is 4.50. The molecule has 1 heterocycles. The molecule has 1 aromatic carbocycles. The number of hydrogen-bond donors (Lipinski definition) is 0. The molecular formula is C14H14F3NO2S. The maximum Gasteiger partial charge on any atom is 0.416 e. The van der Waals surface area contributed by atoms with Crippen LogP contribution in [-0.4, -0.2) is 40.0 Å². The summed E-state index contributed by atoms with van der Waals surface area (Å²) >= 11 is -0.853. The van der Waals surface area contributed by atoms with Crippen LogP contribution in [0.1, 0.15) is 11.1 Å². The molecule has 21 heavy (non-hydrogen) atoms. The molecule has 0 radical (unpaired) electrons. The lowest BCUT2D eigenvalue weighted by Gasteiger charge is -2.27. The third-order valence-corrected chi connectivity index (χ3v) is 4.42. The van der Waals surface area contributed by atoms with E-state index in [1.54, 1.807) is 4.90 Å². The third-order valence-electron chi connectivity index (χ3n) is 3.15. The molecule has 0 unspecified atom stereocenters. The van der Waals surface area contributed by atoms with Crippen molar-refractivity contribution in [1.82, 2.24) is 4.90 Å². The van der Waals surface area contributed by atoms with Gasteiger partial charge in [0, 0.05) is 6.08 Å². The number of alkyl halides is 3. The molecule has 0 bridgehead atoms. The van der Waals surface area contributed by atoms with Crippen LogP contribution >= 0.6 is 0 Å². The van der Waals surface area contributed by atoms with Crippen molar-refractivity contribution in [1.29, 1.82) is 0 Å². The number of rotatable bonds is 2. The van der Waals surface area contributed by atoms with E-state index in [4.69, 9.17) is 0 Å². The van der Waals surface area contributed by atoms with E-state index in [2.05, 4.69) is 0 Å². The van der Waals surface area contributed by atoms with E-state index in [0.29, 0.717) is 30.2 Å². The fourth-order valence-electron chi connectivity index (χ4n) is 1.91. The molecule has 0 spiro atoms. The van der Waals surface area contributed by atoms with Gasteiger partial charge in [0.25, 0.3) is 0 Å². The Balaban J connectivity index is 1.96. The molecule has 3 nitrogen and oxygen atoms in total. The second-order valence-electron chi connectivity index (χ2n) is 4.63. The van der Waals surface area contributed by atoms with Gasteiger partial charge < -0.3 is 9.45 Å². The quantitative estimate of drug-likeness (QED) is 0.620. The molecule has 114 valence electrons. The first-order valence-electron chi connectivity index (χ1n) is 6.35. The van der Waals surface area contributed by atoms with Gasteiger partial charge in [-0.15, -0.1) is 0 Å². The van der Waals surface area contributed by atoms with E-state index in [0.717, 1.165) is 12.1 Å². The molecule has 2 rings (SSSR count). The first-order valence-corrected chi connectivity index (χ1v) is 7.84. The average Bonchev–Trinajstić information content (AvgIpc) is 2.45. The lowest BCUT2D eigenvalue weighted by atomic mass is 10.1. The molecular weight excluding hydrogens is 303 g/mol. The van der Waals surface area contributed by atoms with Gasteiger partial charge in [-0.2, -0.15) is 13.2 Å². The Labute approximate surface area is 123 Å². The molecule has 0 aliphatic carbocycles. The monoisotopic (exact) mass is 317 g/mol. The van der Waals surface area contributed by atoms with Crippen molar-refractivity contribution in [2.45, 2.75) is 6.18 Å². The Hall–Kier alpha value is -1.47.